The van der Waals surface area contributed by atoms with Crippen molar-refractivity contribution in [2.24, 2.45) is 0 Å². The van der Waals surface area contributed by atoms with E-state index in [0.717, 1.165) is 36.4 Å². The van der Waals surface area contributed by atoms with Crippen molar-refractivity contribution < 1.29 is 22.4 Å². The summed E-state index contributed by atoms with van der Waals surface area (Å²) in [6, 6.07) is 19.9. The maximum absolute atomic E-state index is 14.2. The predicted octanol–water partition coefficient (Wildman–Crippen LogP) is 5.59. The Balaban J connectivity index is 1.70. The van der Waals surface area contributed by atoms with Crippen LogP contribution in [-0.4, -0.2) is 43.8 Å². The first-order chi connectivity index (χ1) is 19.7. The van der Waals surface area contributed by atoms with Crippen LogP contribution in [0.3, 0.4) is 0 Å². The molecule has 1 N–H and O–H groups in total. The van der Waals surface area contributed by atoms with E-state index in [1.54, 1.807) is 61.5 Å². The number of anilines is 1. The highest BCUT2D eigenvalue weighted by atomic mass is 32.2. The first kappa shape index (κ1) is 30.2. The van der Waals surface area contributed by atoms with E-state index in [1.807, 2.05) is 6.92 Å². The maximum atomic E-state index is 14.2. The van der Waals surface area contributed by atoms with E-state index < -0.39 is 34.3 Å². The van der Waals surface area contributed by atoms with Gasteiger partial charge < -0.3 is 10.2 Å². The fraction of sp³-hybridized carbons (Fsp3) is 0.375. The molecule has 0 heterocycles. The van der Waals surface area contributed by atoms with Gasteiger partial charge in [-0.25, -0.2) is 12.8 Å². The van der Waals surface area contributed by atoms with Crippen LogP contribution in [0.2, 0.25) is 0 Å². The van der Waals surface area contributed by atoms with Gasteiger partial charge in [0.2, 0.25) is 11.8 Å². The monoisotopic (exact) mass is 579 g/mol. The number of carbonyl (C=O) groups excluding carboxylic acids is 2. The average molecular weight is 580 g/mol. The molecule has 0 aliphatic heterocycles. The van der Waals surface area contributed by atoms with Gasteiger partial charge in [-0.1, -0.05) is 74.7 Å². The van der Waals surface area contributed by atoms with Crippen molar-refractivity contribution in [1.82, 2.24) is 10.2 Å². The molecule has 41 heavy (non-hydrogen) atoms. The first-order valence-electron chi connectivity index (χ1n) is 14.2. The number of hydrogen-bond donors (Lipinski definition) is 1. The maximum Gasteiger partial charge on any atom is 0.264 e. The molecule has 1 atom stereocenters. The minimum atomic E-state index is -4.12. The second-order valence-electron chi connectivity index (χ2n) is 10.5. The zero-order chi connectivity index (χ0) is 29.4. The van der Waals surface area contributed by atoms with Crippen molar-refractivity contribution in [3.63, 3.8) is 0 Å². The SMILES string of the molecule is CC[C@H](C(=O)NC1CCCCC1)N(Cc1ccc(F)cc1)C(=O)CN(c1ccccc1C)S(=O)(=O)c1ccccc1. The number of carbonyl (C=O) groups is 2. The summed E-state index contributed by atoms with van der Waals surface area (Å²) in [5.41, 5.74) is 1.70. The molecule has 2 amide bonds. The number of para-hydroxylation sites is 1. The van der Waals surface area contributed by atoms with Crippen molar-refractivity contribution in [2.45, 2.75) is 75.9 Å². The van der Waals surface area contributed by atoms with Crippen LogP contribution in [0.1, 0.15) is 56.6 Å². The minimum absolute atomic E-state index is 0.0305. The van der Waals surface area contributed by atoms with E-state index in [0.29, 0.717) is 23.2 Å². The minimum Gasteiger partial charge on any atom is -0.352 e. The number of nitrogens with one attached hydrogen (secondary N) is 1. The number of halogens is 1. The molecular weight excluding hydrogens is 541 g/mol. The Hall–Kier alpha value is -3.72. The number of benzene rings is 3. The molecule has 0 aromatic heterocycles. The fourth-order valence-corrected chi connectivity index (χ4v) is 6.83. The quantitative estimate of drug-likeness (QED) is 0.321. The number of rotatable bonds is 11. The molecule has 1 aliphatic rings. The van der Waals surface area contributed by atoms with Crippen molar-refractivity contribution in [2.75, 3.05) is 10.8 Å². The Bertz CT molecular complexity index is 1420. The average Bonchev–Trinajstić information content (AvgIpc) is 2.98. The van der Waals surface area contributed by atoms with Crippen LogP contribution in [-0.2, 0) is 26.2 Å². The van der Waals surface area contributed by atoms with E-state index in [1.165, 1.54) is 29.2 Å². The lowest BCUT2D eigenvalue weighted by atomic mass is 9.95. The molecule has 0 spiro atoms. The standard InChI is InChI=1S/C32H38FN3O4S/c1-3-29(32(38)34-27-13-6-4-7-14-27)35(22-25-18-20-26(33)21-19-25)31(37)23-36(30-17-11-10-12-24(30)2)41(39,40)28-15-8-5-9-16-28/h5,8-12,15-21,27,29H,3-4,6-7,13-14,22-23H2,1-2H3,(H,34,38)/t29-/m1/s1. The van der Waals surface area contributed by atoms with E-state index in [2.05, 4.69) is 5.32 Å². The third-order valence-electron chi connectivity index (χ3n) is 7.60. The highest BCUT2D eigenvalue weighted by Crippen LogP contribution is 2.27. The summed E-state index contributed by atoms with van der Waals surface area (Å²) in [4.78, 5) is 29.2. The van der Waals surface area contributed by atoms with E-state index in [-0.39, 0.29) is 23.4 Å². The molecule has 0 radical (unpaired) electrons. The molecule has 1 fully saturated rings. The summed E-state index contributed by atoms with van der Waals surface area (Å²) in [5, 5.41) is 3.13. The second kappa shape index (κ2) is 13.8. The lowest BCUT2D eigenvalue weighted by molar-refractivity contribution is -0.140. The molecule has 1 aliphatic carbocycles. The summed E-state index contributed by atoms with van der Waals surface area (Å²) in [6.45, 7) is 3.14. The van der Waals surface area contributed by atoms with Gasteiger partial charge in [-0.3, -0.25) is 13.9 Å². The first-order valence-corrected chi connectivity index (χ1v) is 15.6. The molecule has 0 saturated heterocycles. The van der Waals surface area contributed by atoms with Crippen LogP contribution in [0.15, 0.2) is 83.8 Å². The van der Waals surface area contributed by atoms with Crippen molar-refractivity contribution >= 4 is 27.5 Å². The van der Waals surface area contributed by atoms with Crippen molar-refractivity contribution in [1.29, 1.82) is 0 Å². The lowest BCUT2D eigenvalue weighted by Crippen LogP contribution is -2.54. The highest BCUT2D eigenvalue weighted by molar-refractivity contribution is 7.92. The van der Waals surface area contributed by atoms with Crippen LogP contribution in [0, 0.1) is 12.7 Å². The highest BCUT2D eigenvalue weighted by Gasteiger charge is 2.34. The lowest BCUT2D eigenvalue weighted by Gasteiger charge is -2.34. The van der Waals surface area contributed by atoms with Crippen LogP contribution in [0.5, 0.6) is 0 Å². The molecule has 7 nitrogen and oxygen atoms in total. The summed E-state index contributed by atoms with van der Waals surface area (Å²) in [7, 11) is -4.12. The van der Waals surface area contributed by atoms with Gasteiger partial charge in [0.05, 0.1) is 10.6 Å². The third kappa shape index (κ3) is 7.52. The van der Waals surface area contributed by atoms with Gasteiger partial charge in [0.15, 0.2) is 0 Å². The molecule has 0 bridgehead atoms. The van der Waals surface area contributed by atoms with Crippen LogP contribution >= 0.6 is 0 Å². The summed E-state index contributed by atoms with van der Waals surface area (Å²) in [6.07, 6.45) is 5.35. The van der Waals surface area contributed by atoms with Gasteiger partial charge in [-0.05, 0) is 67.6 Å². The van der Waals surface area contributed by atoms with E-state index in [9.17, 15) is 22.4 Å². The molecular formula is C32H38FN3O4S. The normalized spacial score (nSPS) is 14.7. The summed E-state index contributed by atoms with van der Waals surface area (Å²) in [5.74, 6) is -1.20. The Kier molecular flexibility index (Phi) is 10.2. The van der Waals surface area contributed by atoms with Crippen molar-refractivity contribution in [3.8, 4) is 0 Å². The zero-order valence-corrected chi connectivity index (χ0v) is 24.4. The third-order valence-corrected chi connectivity index (χ3v) is 9.37. The van der Waals surface area contributed by atoms with Crippen LogP contribution in [0.25, 0.3) is 0 Å². The Morgan fingerprint density at radius 3 is 2.20 bits per heavy atom. The van der Waals surface area contributed by atoms with Crippen molar-refractivity contribution in [3.05, 3.63) is 95.8 Å². The zero-order valence-electron chi connectivity index (χ0n) is 23.6. The van der Waals surface area contributed by atoms with Crippen LogP contribution < -0.4 is 9.62 Å². The molecule has 0 unspecified atom stereocenters. The Morgan fingerprint density at radius 2 is 1.56 bits per heavy atom. The molecule has 218 valence electrons. The van der Waals surface area contributed by atoms with Crippen LogP contribution in [0.4, 0.5) is 10.1 Å². The van der Waals surface area contributed by atoms with Gasteiger partial charge in [0, 0.05) is 12.6 Å². The van der Waals surface area contributed by atoms with Gasteiger partial charge in [-0.15, -0.1) is 0 Å². The molecule has 4 rings (SSSR count). The van der Waals surface area contributed by atoms with Gasteiger partial charge in [0.25, 0.3) is 10.0 Å². The second-order valence-corrected chi connectivity index (χ2v) is 12.4. The number of hydrogen-bond acceptors (Lipinski definition) is 4. The van der Waals surface area contributed by atoms with E-state index >= 15 is 0 Å². The summed E-state index contributed by atoms with van der Waals surface area (Å²) >= 11 is 0. The van der Waals surface area contributed by atoms with Gasteiger partial charge in [-0.2, -0.15) is 0 Å². The van der Waals surface area contributed by atoms with Gasteiger partial charge in [0.1, 0.15) is 18.4 Å². The molecule has 3 aromatic rings. The smallest absolute Gasteiger partial charge is 0.264 e. The topological polar surface area (TPSA) is 86.8 Å². The number of nitrogens with zero attached hydrogens (tertiary/aromatic N) is 2. The molecule has 9 heteroatoms. The largest absolute Gasteiger partial charge is 0.352 e. The number of sulfonamides is 1. The van der Waals surface area contributed by atoms with Gasteiger partial charge >= 0.3 is 0 Å². The predicted molar refractivity (Wildman–Crippen MR) is 158 cm³/mol. The van der Waals surface area contributed by atoms with E-state index in [4.69, 9.17) is 0 Å². The molecule has 3 aromatic carbocycles. The number of amides is 2. The Morgan fingerprint density at radius 1 is 0.927 bits per heavy atom. The Labute approximate surface area is 242 Å². The number of aryl methyl sites for hydroxylation is 1. The summed E-state index contributed by atoms with van der Waals surface area (Å²) < 4.78 is 42.6. The fourth-order valence-electron chi connectivity index (χ4n) is 5.33. The molecule has 1 saturated carbocycles.